The van der Waals surface area contributed by atoms with Crippen LogP contribution in [0.3, 0.4) is 0 Å². The molecule has 1 aromatic heterocycles. The van der Waals surface area contributed by atoms with Crippen molar-refractivity contribution in [1.29, 1.82) is 0 Å². The van der Waals surface area contributed by atoms with Gasteiger partial charge in [-0.05, 0) is 18.6 Å². The van der Waals surface area contributed by atoms with Gasteiger partial charge in [-0.2, -0.15) is 0 Å². The molecule has 2 heterocycles. The summed E-state index contributed by atoms with van der Waals surface area (Å²) in [6.07, 6.45) is 1.06. The fraction of sp³-hybridized carbons (Fsp3) is 0.409. The average molecular weight is 479 g/mol. The molecule has 0 radical (unpaired) electrons. The van der Waals surface area contributed by atoms with E-state index in [1.807, 2.05) is 31.2 Å². The van der Waals surface area contributed by atoms with Crippen LogP contribution in [0.5, 0.6) is 0 Å². The van der Waals surface area contributed by atoms with E-state index in [1.54, 1.807) is 0 Å². The maximum atomic E-state index is 13.8. The van der Waals surface area contributed by atoms with Gasteiger partial charge in [0.1, 0.15) is 17.9 Å². The molecule has 1 aliphatic rings. The summed E-state index contributed by atoms with van der Waals surface area (Å²) in [7, 11) is -2.01. The molecule has 3 rings (SSSR count). The highest BCUT2D eigenvalue weighted by atomic mass is 32.2. The number of amides is 2. The van der Waals surface area contributed by atoms with Crippen LogP contribution < -0.4 is 10.9 Å². The Hall–Kier alpha value is -3.05. The Kier molecular flexibility index (Phi) is 7.33. The molecule has 0 atom stereocenters. The number of carbonyl (C=O) groups is 2. The highest BCUT2D eigenvalue weighted by Gasteiger charge is 2.30. The predicted molar refractivity (Wildman–Crippen MR) is 121 cm³/mol. The zero-order valence-corrected chi connectivity index (χ0v) is 19.6. The van der Waals surface area contributed by atoms with Crippen molar-refractivity contribution >= 4 is 21.8 Å². The number of nitrogens with one attached hydrogen (secondary N) is 1. The molecule has 33 heavy (non-hydrogen) atoms. The van der Waals surface area contributed by atoms with E-state index >= 15 is 0 Å². The SMILES string of the molecule is Cc1ccc(CNC(=O)c2cc(CF)c3n(c2=O)CCN(CCN(C)S(C)(=O)=O)C3=O)cc1. The highest BCUT2D eigenvalue weighted by molar-refractivity contribution is 7.88. The first-order valence-electron chi connectivity index (χ1n) is 10.4. The molecule has 9 nitrogen and oxygen atoms in total. The molecule has 1 aromatic carbocycles. The second-order valence-electron chi connectivity index (χ2n) is 8.07. The van der Waals surface area contributed by atoms with Crippen molar-refractivity contribution in [2.45, 2.75) is 26.7 Å². The molecule has 2 amide bonds. The molecule has 0 saturated carbocycles. The number of rotatable bonds is 8. The first-order valence-corrected chi connectivity index (χ1v) is 12.2. The number of hydrogen-bond donors (Lipinski definition) is 1. The number of aryl methyl sites for hydroxylation is 1. The van der Waals surface area contributed by atoms with E-state index in [4.69, 9.17) is 0 Å². The Morgan fingerprint density at radius 2 is 1.85 bits per heavy atom. The molecule has 1 aliphatic heterocycles. The van der Waals surface area contributed by atoms with Crippen LogP contribution in [0.15, 0.2) is 35.1 Å². The minimum atomic E-state index is -3.41. The van der Waals surface area contributed by atoms with Gasteiger partial charge in [0, 0.05) is 45.3 Å². The molecule has 0 unspecified atom stereocenters. The van der Waals surface area contributed by atoms with Crippen LogP contribution in [0.2, 0.25) is 0 Å². The summed E-state index contributed by atoms with van der Waals surface area (Å²) in [6.45, 7) is 1.50. The summed E-state index contributed by atoms with van der Waals surface area (Å²) in [5.74, 6) is -1.21. The van der Waals surface area contributed by atoms with E-state index in [-0.39, 0.29) is 49.5 Å². The third-order valence-corrected chi connectivity index (χ3v) is 6.98. The van der Waals surface area contributed by atoms with Crippen LogP contribution in [0, 0.1) is 6.92 Å². The molecular formula is C22H27FN4O5S. The molecular weight excluding hydrogens is 451 g/mol. The number of halogens is 1. The Bertz CT molecular complexity index is 1220. The van der Waals surface area contributed by atoms with Crippen molar-refractivity contribution in [2.75, 3.05) is 32.9 Å². The molecule has 2 aromatic rings. The van der Waals surface area contributed by atoms with Gasteiger partial charge in [0.25, 0.3) is 17.4 Å². The van der Waals surface area contributed by atoms with E-state index in [2.05, 4.69) is 5.32 Å². The molecule has 0 bridgehead atoms. The number of carbonyl (C=O) groups excluding carboxylic acids is 2. The number of aromatic nitrogens is 1. The van der Waals surface area contributed by atoms with E-state index < -0.39 is 34.1 Å². The zero-order valence-electron chi connectivity index (χ0n) is 18.8. The molecule has 0 saturated heterocycles. The number of benzene rings is 1. The summed E-state index contributed by atoms with van der Waals surface area (Å²) in [5.41, 5.74) is 0.878. The topological polar surface area (TPSA) is 109 Å². The lowest BCUT2D eigenvalue weighted by atomic mass is 10.1. The van der Waals surface area contributed by atoms with E-state index in [0.29, 0.717) is 0 Å². The van der Waals surface area contributed by atoms with Gasteiger partial charge in [-0.1, -0.05) is 29.8 Å². The monoisotopic (exact) mass is 478 g/mol. The maximum absolute atomic E-state index is 13.8. The normalized spacial score (nSPS) is 13.8. The van der Waals surface area contributed by atoms with Crippen LogP contribution in [0.25, 0.3) is 0 Å². The van der Waals surface area contributed by atoms with Gasteiger partial charge in [0.2, 0.25) is 10.0 Å². The van der Waals surface area contributed by atoms with Crippen LogP contribution in [-0.4, -0.2) is 66.9 Å². The van der Waals surface area contributed by atoms with Crippen molar-refractivity contribution in [1.82, 2.24) is 19.1 Å². The van der Waals surface area contributed by atoms with Gasteiger partial charge in [0.05, 0.1) is 6.26 Å². The second kappa shape index (κ2) is 9.84. The molecule has 0 fully saturated rings. The van der Waals surface area contributed by atoms with Crippen molar-refractivity contribution in [3.63, 3.8) is 0 Å². The maximum Gasteiger partial charge on any atom is 0.271 e. The molecule has 0 spiro atoms. The van der Waals surface area contributed by atoms with Gasteiger partial charge in [-0.3, -0.25) is 14.4 Å². The third kappa shape index (κ3) is 5.48. The van der Waals surface area contributed by atoms with E-state index in [0.717, 1.165) is 32.3 Å². The molecule has 0 aliphatic carbocycles. The highest BCUT2D eigenvalue weighted by Crippen LogP contribution is 2.18. The van der Waals surface area contributed by atoms with Crippen LogP contribution >= 0.6 is 0 Å². The van der Waals surface area contributed by atoms with E-state index in [9.17, 15) is 27.2 Å². The van der Waals surface area contributed by atoms with Gasteiger partial charge in [0.15, 0.2) is 0 Å². The summed E-state index contributed by atoms with van der Waals surface area (Å²) >= 11 is 0. The van der Waals surface area contributed by atoms with Crippen LogP contribution in [0.1, 0.15) is 37.5 Å². The fourth-order valence-electron chi connectivity index (χ4n) is 3.55. The van der Waals surface area contributed by atoms with Gasteiger partial charge in [-0.15, -0.1) is 0 Å². The van der Waals surface area contributed by atoms with Crippen LogP contribution in [0.4, 0.5) is 4.39 Å². The number of hydrogen-bond acceptors (Lipinski definition) is 5. The number of sulfonamides is 1. The lowest BCUT2D eigenvalue weighted by molar-refractivity contribution is 0.0690. The fourth-order valence-corrected chi connectivity index (χ4v) is 3.96. The molecule has 11 heteroatoms. The average Bonchev–Trinajstić information content (AvgIpc) is 2.77. The zero-order chi connectivity index (χ0) is 24.3. The van der Waals surface area contributed by atoms with Crippen molar-refractivity contribution in [2.24, 2.45) is 0 Å². The number of nitrogens with zero attached hydrogens (tertiary/aromatic N) is 3. The number of pyridine rings is 1. The summed E-state index contributed by atoms with van der Waals surface area (Å²) in [5, 5.41) is 2.67. The minimum absolute atomic E-state index is 0.0544. The van der Waals surface area contributed by atoms with Crippen molar-refractivity contribution < 1.29 is 22.4 Å². The van der Waals surface area contributed by atoms with Crippen molar-refractivity contribution in [3.05, 3.63) is 68.6 Å². The largest absolute Gasteiger partial charge is 0.348 e. The van der Waals surface area contributed by atoms with E-state index in [1.165, 1.54) is 11.9 Å². The lowest BCUT2D eigenvalue weighted by Crippen LogP contribution is -2.49. The van der Waals surface area contributed by atoms with Crippen molar-refractivity contribution in [3.8, 4) is 0 Å². The number of fused-ring (bicyclic) bond motifs is 1. The first-order chi connectivity index (χ1) is 15.5. The minimum Gasteiger partial charge on any atom is -0.348 e. The van der Waals surface area contributed by atoms with Crippen LogP contribution in [-0.2, 0) is 29.8 Å². The Balaban J connectivity index is 1.81. The Morgan fingerprint density at radius 1 is 1.18 bits per heavy atom. The number of likely N-dealkylation sites (N-methyl/N-ethyl adjacent to an activating group) is 1. The summed E-state index contributed by atoms with van der Waals surface area (Å²) in [4.78, 5) is 40.0. The standard InChI is InChI=1S/C22H27FN4O5S/c1-15-4-6-16(7-5-15)14-24-20(28)18-12-17(13-23)19-22(30)26(10-11-27(19)21(18)29)9-8-25(2)33(3,31)32/h4-7,12H,8-11,13-14H2,1-3H3,(H,24,28). The summed E-state index contributed by atoms with van der Waals surface area (Å²) < 4.78 is 39.2. The number of alkyl halides is 1. The quantitative estimate of drug-likeness (QED) is 0.607. The third-order valence-electron chi connectivity index (χ3n) is 5.66. The first kappa shape index (κ1) is 24.6. The lowest BCUT2D eigenvalue weighted by Gasteiger charge is -2.31. The smallest absolute Gasteiger partial charge is 0.271 e. The molecule has 1 N–H and O–H groups in total. The van der Waals surface area contributed by atoms with Gasteiger partial charge < -0.3 is 14.8 Å². The second-order valence-corrected chi connectivity index (χ2v) is 10.2. The Labute approximate surface area is 191 Å². The molecule has 178 valence electrons. The van der Waals surface area contributed by atoms with Gasteiger partial charge in [-0.25, -0.2) is 17.1 Å². The summed E-state index contributed by atoms with van der Waals surface area (Å²) in [6, 6.07) is 8.65. The van der Waals surface area contributed by atoms with Gasteiger partial charge >= 0.3 is 0 Å². The predicted octanol–water partition coefficient (Wildman–Crippen LogP) is 0.903. The Morgan fingerprint density at radius 3 is 2.45 bits per heavy atom.